The van der Waals surface area contributed by atoms with E-state index in [9.17, 15) is 10.2 Å². The molecule has 176 valence electrons. The van der Waals surface area contributed by atoms with Gasteiger partial charge in [0, 0.05) is 17.2 Å². The van der Waals surface area contributed by atoms with Gasteiger partial charge in [0.15, 0.2) is 5.60 Å². The van der Waals surface area contributed by atoms with Crippen LogP contribution in [0.5, 0.6) is 23.0 Å². The predicted octanol–water partition coefficient (Wildman–Crippen LogP) is 4.77. The maximum Gasteiger partial charge on any atom is 0.157 e. The van der Waals surface area contributed by atoms with E-state index in [1.165, 1.54) is 0 Å². The molecule has 0 radical (unpaired) electrons. The van der Waals surface area contributed by atoms with Crippen molar-refractivity contribution in [3.05, 3.63) is 89.0 Å². The Morgan fingerprint density at radius 3 is 2.62 bits per heavy atom. The van der Waals surface area contributed by atoms with Gasteiger partial charge in [-0.15, -0.1) is 0 Å². The standard InChI is InChI=1S/C28H28O6/c1-27(2)14-13-20-23(34-27)12-10-21-25(20)33-17-28(30,26(21)29)22-11-9-19(31-3)15-24(22)32-16-18-7-5-4-6-8-18/h4-15,26,29-30H,16-17H2,1-3H3. The minimum Gasteiger partial charge on any atom is -0.497 e. The summed E-state index contributed by atoms with van der Waals surface area (Å²) < 4.78 is 23.6. The van der Waals surface area contributed by atoms with Crippen LogP contribution in [0.1, 0.15) is 42.2 Å². The van der Waals surface area contributed by atoms with Gasteiger partial charge in [-0.2, -0.15) is 0 Å². The fraction of sp³-hybridized carbons (Fsp3) is 0.286. The van der Waals surface area contributed by atoms with Crippen molar-refractivity contribution in [2.24, 2.45) is 0 Å². The van der Waals surface area contributed by atoms with Gasteiger partial charge >= 0.3 is 0 Å². The van der Waals surface area contributed by atoms with Crippen molar-refractivity contribution < 1.29 is 29.2 Å². The number of ether oxygens (including phenoxy) is 4. The lowest BCUT2D eigenvalue weighted by Crippen LogP contribution is -2.43. The third kappa shape index (κ3) is 3.89. The van der Waals surface area contributed by atoms with Crippen LogP contribution in [0.4, 0.5) is 0 Å². The largest absolute Gasteiger partial charge is 0.497 e. The van der Waals surface area contributed by atoms with E-state index in [-0.39, 0.29) is 6.61 Å². The Morgan fingerprint density at radius 1 is 1.06 bits per heavy atom. The highest BCUT2D eigenvalue weighted by Crippen LogP contribution is 2.50. The number of rotatable bonds is 5. The molecule has 0 saturated carbocycles. The average molecular weight is 461 g/mol. The molecule has 0 aromatic heterocycles. The fourth-order valence-electron chi connectivity index (χ4n) is 4.41. The van der Waals surface area contributed by atoms with Crippen LogP contribution < -0.4 is 18.9 Å². The van der Waals surface area contributed by atoms with Crippen LogP contribution in [0.2, 0.25) is 0 Å². The molecule has 0 spiro atoms. The molecular formula is C28H28O6. The summed E-state index contributed by atoms with van der Waals surface area (Å²) in [6, 6.07) is 18.4. The summed E-state index contributed by atoms with van der Waals surface area (Å²) in [5, 5.41) is 23.1. The maximum atomic E-state index is 11.7. The molecule has 2 heterocycles. The summed E-state index contributed by atoms with van der Waals surface area (Å²) in [6.45, 7) is 4.10. The van der Waals surface area contributed by atoms with Crippen LogP contribution in [0.3, 0.4) is 0 Å². The highest BCUT2D eigenvalue weighted by atomic mass is 16.5. The molecule has 0 fully saturated rings. The topological polar surface area (TPSA) is 77.4 Å². The minimum absolute atomic E-state index is 0.150. The minimum atomic E-state index is -1.72. The summed E-state index contributed by atoms with van der Waals surface area (Å²) in [4.78, 5) is 0. The molecule has 3 aromatic rings. The zero-order valence-electron chi connectivity index (χ0n) is 19.4. The number of fused-ring (bicyclic) bond motifs is 3. The second kappa shape index (κ2) is 8.38. The van der Waals surface area contributed by atoms with Crippen LogP contribution in [0, 0.1) is 0 Å². The molecule has 5 rings (SSSR count). The van der Waals surface area contributed by atoms with Gasteiger partial charge in [-0.3, -0.25) is 0 Å². The quantitative estimate of drug-likeness (QED) is 0.571. The average Bonchev–Trinajstić information content (AvgIpc) is 2.84. The van der Waals surface area contributed by atoms with Crippen LogP contribution >= 0.6 is 0 Å². The van der Waals surface area contributed by atoms with E-state index in [0.29, 0.717) is 40.7 Å². The van der Waals surface area contributed by atoms with Crippen molar-refractivity contribution in [1.29, 1.82) is 0 Å². The first kappa shape index (κ1) is 22.3. The zero-order chi connectivity index (χ0) is 23.9. The van der Waals surface area contributed by atoms with E-state index in [1.54, 1.807) is 37.4 Å². The fourth-order valence-corrected chi connectivity index (χ4v) is 4.41. The first-order valence-electron chi connectivity index (χ1n) is 11.2. The monoisotopic (exact) mass is 460 g/mol. The number of methoxy groups -OCH3 is 1. The Labute approximate surface area is 199 Å². The number of benzene rings is 3. The molecular weight excluding hydrogens is 432 g/mol. The van der Waals surface area contributed by atoms with Gasteiger partial charge in [0.2, 0.25) is 0 Å². The van der Waals surface area contributed by atoms with Crippen molar-refractivity contribution in [3.63, 3.8) is 0 Å². The van der Waals surface area contributed by atoms with E-state index < -0.39 is 17.3 Å². The van der Waals surface area contributed by atoms with Gasteiger partial charge in [-0.1, -0.05) is 30.3 Å². The van der Waals surface area contributed by atoms with E-state index in [0.717, 1.165) is 11.1 Å². The Balaban J connectivity index is 1.51. The lowest BCUT2D eigenvalue weighted by molar-refractivity contribution is -0.122. The molecule has 6 nitrogen and oxygen atoms in total. The molecule has 2 aliphatic rings. The lowest BCUT2D eigenvalue weighted by Gasteiger charge is -2.40. The van der Waals surface area contributed by atoms with Crippen LogP contribution in [0.25, 0.3) is 6.08 Å². The Kier molecular flexibility index (Phi) is 5.50. The van der Waals surface area contributed by atoms with E-state index >= 15 is 0 Å². The first-order chi connectivity index (χ1) is 16.3. The molecule has 0 saturated heterocycles. The number of hydrogen-bond acceptors (Lipinski definition) is 6. The Morgan fingerprint density at radius 2 is 1.85 bits per heavy atom. The molecule has 2 N–H and O–H groups in total. The summed E-state index contributed by atoms with van der Waals surface area (Å²) in [5.74, 6) is 2.20. The van der Waals surface area contributed by atoms with Gasteiger partial charge in [0.05, 0.1) is 12.7 Å². The zero-order valence-corrected chi connectivity index (χ0v) is 19.4. The molecule has 2 atom stereocenters. The highest BCUT2D eigenvalue weighted by molar-refractivity contribution is 5.70. The van der Waals surface area contributed by atoms with Crippen LogP contribution in [0.15, 0.2) is 66.7 Å². The third-order valence-electron chi connectivity index (χ3n) is 6.29. The van der Waals surface area contributed by atoms with Crippen molar-refractivity contribution in [1.82, 2.24) is 0 Å². The van der Waals surface area contributed by atoms with Crippen LogP contribution in [-0.2, 0) is 12.2 Å². The van der Waals surface area contributed by atoms with E-state index in [2.05, 4.69) is 0 Å². The van der Waals surface area contributed by atoms with Gasteiger partial charge in [0.25, 0.3) is 0 Å². The molecule has 2 aliphatic heterocycles. The van der Waals surface area contributed by atoms with Gasteiger partial charge in [-0.25, -0.2) is 0 Å². The molecule has 0 amide bonds. The molecule has 0 aliphatic carbocycles. The van der Waals surface area contributed by atoms with E-state index in [4.69, 9.17) is 18.9 Å². The second-order valence-corrected chi connectivity index (χ2v) is 9.19. The summed E-state index contributed by atoms with van der Waals surface area (Å²) >= 11 is 0. The molecule has 3 aromatic carbocycles. The number of hydrogen-bond donors (Lipinski definition) is 2. The normalized spacial score (nSPS) is 22.1. The summed E-state index contributed by atoms with van der Waals surface area (Å²) in [5.41, 5.74) is 0.503. The van der Waals surface area contributed by atoms with Crippen molar-refractivity contribution in [2.75, 3.05) is 13.7 Å². The number of aliphatic hydroxyl groups excluding tert-OH is 1. The third-order valence-corrected chi connectivity index (χ3v) is 6.29. The lowest BCUT2D eigenvalue weighted by atomic mass is 9.81. The van der Waals surface area contributed by atoms with Crippen molar-refractivity contribution in [3.8, 4) is 23.0 Å². The Hall–Kier alpha value is -3.48. The summed E-state index contributed by atoms with van der Waals surface area (Å²) in [6.07, 6.45) is 2.65. The number of aliphatic hydroxyl groups is 2. The van der Waals surface area contributed by atoms with E-state index in [1.807, 2.05) is 56.3 Å². The van der Waals surface area contributed by atoms with Crippen molar-refractivity contribution >= 4 is 6.08 Å². The molecule has 0 bridgehead atoms. The smallest absolute Gasteiger partial charge is 0.157 e. The highest BCUT2D eigenvalue weighted by Gasteiger charge is 2.47. The molecule has 6 heteroatoms. The van der Waals surface area contributed by atoms with Gasteiger partial charge < -0.3 is 29.2 Å². The maximum absolute atomic E-state index is 11.7. The first-order valence-corrected chi connectivity index (χ1v) is 11.2. The van der Waals surface area contributed by atoms with Gasteiger partial charge in [-0.05, 0) is 55.8 Å². The predicted molar refractivity (Wildman–Crippen MR) is 128 cm³/mol. The summed E-state index contributed by atoms with van der Waals surface area (Å²) in [7, 11) is 1.57. The van der Waals surface area contributed by atoms with Crippen LogP contribution in [-0.4, -0.2) is 29.5 Å². The van der Waals surface area contributed by atoms with Gasteiger partial charge in [0.1, 0.15) is 47.9 Å². The van der Waals surface area contributed by atoms with Crippen molar-refractivity contribution in [2.45, 2.75) is 37.8 Å². The second-order valence-electron chi connectivity index (χ2n) is 9.19. The SMILES string of the molecule is COc1ccc(C2(O)COc3c(ccc4c3C=CC(C)(C)O4)C2O)c(OCc2ccccc2)c1. The Bertz CT molecular complexity index is 1230. The molecule has 34 heavy (non-hydrogen) atoms. The molecule has 2 unspecified atom stereocenters.